The predicted octanol–water partition coefficient (Wildman–Crippen LogP) is 3.38. The molecule has 0 rings (SSSR count). The van der Waals surface area contributed by atoms with E-state index in [2.05, 4.69) is 18.2 Å². The van der Waals surface area contributed by atoms with Gasteiger partial charge in [0.05, 0.1) is 18.2 Å². The molecule has 0 aromatic rings. The summed E-state index contributed by atoms with van der Waals surface area (Å²) < 4.78 is 0. The molecule has 86 valence electrons. The number of nitrogens with zero attached hydrogens (tertiary/aromatic N) is 3. The summed E-state index contributed by atoms with van der Waals surface area (Å²) in [6.07, 6.45) is 8.23. The monoisotopic (exact) mass is 235 g/mol. The fraction of sp³-hybridized carbons (Fsp3) is 0.750. The van der Waals surface area contributed by atoms with Crippen molar-refractivity contribution < 1.29 is 0 Å². The molecule has 0 saturated carbocycles. The van der Waals surface area contributed by atoms with Crippen molar-refractivity contribution in [2.75, 3.05) is 18.5 Å². The zero-order valence-corrected chi connectivity index (χ0v) is 10.5. The first kappa shape index (κ1) is 14.9. The second kappa shape index (κ2) is 12.0. The fourth-order valence-corrected chi connectivity index (χ4v) is 3.64. The first-order valence-corrected chi connectivity index (χ1v) is 7.58. The van der Waals surface area contributed by atoms with Crippen LogP contribution in [-0.4, -0.2) is 18.5 Å². The molecule has 0 radical (unpaired) electrons. The number of hydrogen-bond donors (Lipinski definition) is 0. The second-order valence-corrected chi connectivity index (χ2v) is 6.31. The molecule has 0 fully saturated rings. The van der Waals surface area contributed by atoms with Gasteiger partial charge in [-0.1, -0.05) is 6.42 Å². The summed E-state index contributed by atoms with van der Waals surface area (Å²) in [4.78, 5) is 0. The normalized spacial score (nSPS) is 9.38. The smallest absolute Gasteiger partial charge is 0.0625 e. The second-order valence-electron chi connectivity index (χ2n) is 3.63. The summed E-state index contributed by atoms with van der Waals surface area (Å²) in [5.41, 5.74) is 0. The average Bonchev–Trinajstić information content (AvgIpc) is 2.31. The number of nitriles is 3. The van der Waals surface area contributed by atoms with E-state index in [1.807, 2.05) is 0 Å². The van der Waals surface area contributed by atoms with Crippen molar-refractivity contribution in [3.8, 4) is 18.2 Å². The maximum Gasteiger partial charge on any atom is 0.0625 e. The first-order chi connectivity index (χ1) is 7.85. The Kier molecular flexibility index (Phi) is 11.1. The summed E-state index contributed by atoms with van der Waals surface area (Å²) >= 11 is 0. The van der Waals surface area contributed by atoms with Gasteiger partial charge in [-0.05, 0) is 31.3 Å². The van der Waals surface area contributed by atoms with E-state index in [9.17, 15) is 0 Å². The Hall–Kier alpha value is -1.10. The van der Waals surface area contributed by atoms with Crippen LogP contribution in [0.3, 0.4) is 0 Å². The SMILES string of the molecule is N#CCCCCCP(CCC#N)CCC#N. The highest BCUT2D eigenvalue weighted by Gasteiger charge is 2.06. The lowest BCUT2D eigenvalue weighted by Crippen LogP contribution is -1.95. The van der Waals surface area contributed by atoms with E-state index in [1.165, 1.54) is 0 Å². The Bertz CT molecular complexity index is 264. The summed E-state index contributed by atoms with van der Waals surface area (Å²) in [6, 6.07) is 6.49. The third kappa shape index (κ3) is 9.45. The summed E-state index contributed by atoms with van der Waals surface area (Å²) in [7, 11) is -0.121. The van der Waals surface area contributed by atoms with Crippen LogP contribution in [0.25, 0.3) is 0 Å². The maximum absolute atomic E-state index is 8.54. The minimum atomic E-state index is -0.121. The predicted molar refractivity (Wildman–Crippen MR) is 66.1 cm³/mol. The third-order valence-corrected chi connectivity index (χ3v) is 5.00. The molecular formula is C12H18N3P. The van der Waals surface area contributed by atoms with Crippen LogP contribution in [0.4, 0.5) is 0 Å². The number of rotatable bonds is 9. The molecule has 0 saturated heterocycles. The zero-order chi connectivity index (χ0) is 12.1. The van der Waals surface area contributed by atoms with Crippen molar-refractivity contribution in [3.63, 3.8) is 0 Å². The van der Waals surface area contributed by atoms with Crippen LogP contribution in [0.1, 0.15) is 38.5 Å². The van der Waals surface area contributed by atoms with Gasteiger partial charge in [0.25, 0.3) is 0 Å². The average molecular weight is 235 g/mol. The van der Waals surface area contributed by atoms with Crippen molar-refractivity contribution in [1.29, 1.82) is 15.8 Å². The molecule has 3 nitrogen and oxygen atoms in total. The lowest BCUT2D eigenvalue weighted by Gasteiger charge is -2.14. The quantitative estimate of drug-likeness (QED) is 0.454. The van der Waals surface area contributed by atoms with Gasteiger partial charge in [0.1, 0.15) is 0 Å². The molecule has 0 aliphatic heterocycles. The van der Waals surface area contributed by atoms with Gasteiger partial charge in [-0.3, -0.25) is 0 Å². The Labute approximate surface area is 99.4 Å². The molecule has 0 aromatic heterocycles. The number of unbranched alkanes of at least 4 members (excludes halogenated alkanes) is 3. The van der Waals surface area contributed by atoms with Crippen LogP contribution in [0.15, 0.2) is 0 Å². The topological polar surface area (TPSA) is 71.4 Å². The van der Waals surface area contributed by atoms with Crippen LogP contribution < -0.4 is 0 Å². The number of hydrogen-bond acceptors (Lipinski definition) is 3. The molecule has 0 spiro atoms. The van der Waals surface area contributed by atoms with Crippen molar-refractivity contribution in [1.82, 2.24) is 0 Å². The highest BCUT2D eigenvalue weighted by Crippen LogP contribution is 2.37. The van der Waals surface area contributed by atoms with E-state index in [4.69, 9.17) is 15.8 Å². The lowest BCUT2D eigenvalue weighted by molar-refractivity contribution is 0.736. The molecule has 0 aliphatic carbocycles. The van der Waals surface area contributed by atoms with E-state index in [1.54, 1.807) is 0 Å². The molecule has 4 heteroatoms. The first-order valence-electron chi connectivity index (χ1n) is 5.68. The molecule has 0 heterocycles. The van der Waals surface area contributed by atoms with Crippen LogP contribution in [0.5, 0.6) is 0 Å². The van der Waals surface area contributed by atoms with Crippen molar-refractivity contribution in [2.45, 2.75) is 38.5 Å². The molecule has 0 unspecified atom stereocenters. The molecule has 0 atom stereocenters. The minimum absolute atomic E-state index is 0.121. The Balaban J connectivity index is 3.62. The Morgan fingerprint density at radius 3 is 1.69 bits per heavy atom. The van der Waals surface area contributed by atoms with Gasteiger partial charge >= 0.3 is 0 Å². The zero-order valence-electron chi connectivity index (χ0n) is 9.65. The van der Waals surface area contributed by atoms with Gasteiger partial charge in [-0.15, -0.1) is 7.92 Å². The molecule has 0 bridgehead atoms. The van der Waals surface area contributed by atoms with Gasteiger partial charge < -0.3 is 0 Å². The van der Waals surface area contributed by atoms with E-state index < -0.39 is 0 Å². The lowest BCUT2D eigenvalue weighted by atomic mass is 10.2. The molecule has 0 N–H and O–H groups in total. The van der Waals surface area contributed by atoms with Gasteiger partial charge in [0.2, 0.25) is 0 Å². The summed E-state index contributed by atoms with van der Waals surface area (Å²) in [6.45, 7) is 0. The third-order valence-electron chi connectivity index (χ3n) is 2.34. The van der Waals surface area contributed by atoms with Gasteiger partial charge in [0, 0.05) is 19.3 Å². The standard InChI is InChI=1S/C12H18N3P/c13-7-3-1-2-4-10-16(11-5-8-14)12-6-9-15/h1-6,10-12H2. The highest BCUT2D eigenvalue weighted by molar-refractivity contribution is 7.57. The van der Waals surface area contributed by atoms with Crippen LogP contribution in [-0.2, 0) is 0 Å². The van der Waals surface area contributed by atoms with E-state index >= 15 is 0 Å². The van der Waals surface area contributed by atoms with E-state index in [0.29, 0.717) is 19.3 Å². The van der Waals surface area contributed by atoms with Crippen LogP contribution in [0.2, 0.25) is 0 Å². The van der Waals surface area contributed by atoms with Crippen molar-refractivity contribution >= 4 is 7.92 Å². The Morgan fingerprint density at radius 1 is 0.625 bits per heavy atom. The van der Waals surface area contributed by atoms with Gasteiger partial charge in [-0.25, -0.2) is 0 Å². The fourth-order valence-electron chi connectivity index (χ4n) is 1.47. The largest absolute Gasteiger partial charge is 0.198 e. The van der Waals surface area contributed by atoms with E-state index in [-0.39, 0.29) is 7.92 Å². The van der Waals surface area contributed by atoms with Crippen LogP contribution >= 0.6 is 7.92 Å². The van der Waals surface area contributed by atoms with Crippen LogP contribution in [0, 0.1) is 34.0 Å². The summed E-state index contributed by atoms with van der Waals surface area (Å²) in [5, 5.41) is 25.5. The molecule has 0 aliphatic rings. The maximum atomic E-state index is 8.54. The van der Waals surface area contributed by atoms with Crippen molar-refractivity contribution in [2.24, 2.45) is 0 Å². The van der Waals surface area contributed by atoms with Gasteiger partial charge in [-0.2, -0.15) is 15.8 Å². The molecule has 16 heavy (non-hydrogen) atoms. The van der Waals surface area contributed by atoms with Gasteiger partial charge in [0.15, 0.2) is 0 Å². The molecular weight excluding hydrogens is 217 g/mol. The summed E-state index contributed by atoms with van der Waals surface area (Å²) in [5.74, 6) is 0. The molecule has 0 amide bonds. The minimum Gasteiger partial charge on any atom is -0.198 e. The Morgan fingerprint density at radius 2 is 1.19 bits per heavy atom. The van der Waals surface area contributed by atoms with E-state index in [0.717, 1.165) is 37.7 Å². The highest BCUT2D eigenvalue weighted by atomic mass is 31.1. The molecule has 0 aromatic carbocycles. The van der Waals surface area contributed by atoms with Crippen molar-refractivity contribution in [3.05, 3.63) is 0 Å².